The molecule has 116 valence electrons. The van der Waals surface area contributed by atoms with Gasteiger partial charge in [-0.2, -0.15) is 0 Å². The van der Waals surface area contributed by atoms with Crippen LogP contribution in [0.3, 0.4) is 0 Å². The largest absolute Gasteiger partial charge is 0.462 e. The van der Waals surface area contributed by atoms with Crippen molar-refractivity contribution in [3.05, 3.63) is 29.3 Å². The minimum absolute atomic E-state index is 0.0839. The van der Waals surface area contributed by atoms with Gasteiger partial charge in [-0.1, -0.05) is 25.3 Å². The zero-order valence-electron chi connectivity index (χ0n) is 12.0. The van der Waals surface area contributed by atoms with Crippen LogP contribution in [-0.2, 0) is 13.8 Å². The van der Waals surface area contributed by atoms with Gasteiger partial charge in [-0.15, -0.1) is 0 Å². The van der Waals surface area contributed by atoms with Gasteiger partial charge in [-0.25, -0.2) is 13.2 Å². The Labute approximate surface area is 129 Å². The Bertz CT molecular complexity index is 619. The summed E-state index contributed by atoms with van der Waals surface area (Å²) < 4.78 is 28.0. The molecule has 1 fully saturated rings. The van der Waals surface area contributed by atoms with Crippen molar-refractivity contribution in [3.8, 4) is 0 Å². The topological polar surface area (TPSA) is 60.4 Å². The van der Waals surface area contributed by atoms with Crippen molar-refractivity contribution in [2.24, 2.45) is 5.92 Å². The van der Waals surface area contributed by atoms with Crippen LogP contribution in [-0.4, -0.2) is 21.0 Å². The first-order chi connectivity index (χ1) is 9.88. The Balaban J connectivity index is 2.07. The van der Waals surface area contributed by atoms with E-state index >= 15 is 0 Å². The molecule has 0 N–H and O–H groups in total. The van der Waals surface area contributed by atoms with Crippen LogP contribution in [0.25, 0.3) is 0 Å². The summed E-state index contributed by atoms with van der Waals surface area (Å²) in [4.78, 5) is 12.0. The number of rotatable bonds is 4. The van der Waals surface area contributed by atoms with Crippen LogP contribution < -0.4 is 0 Å². The number of aryl methyl sites for hydroxylation is 1. The number of hydrogen-bond acceptors (Lipinski definition) is 4. The third-order valence-corrected chi connectivity index (χ3v) is 5.24. The third kappa shape index (κ3) is 4.45. The maximum Gasteiger partial charge on any atom is 0.338 e. The van der Waals surface area contributed by atoms with Gasteiger partial charge in [0.1, 0.15) is 0 Å². The van der Waals surface area contributed by atoms with Gasteiger partial charge in [0.05, 0.1) is 17.1 Å². The summed E-state index contributed by atoms with van der Waals surface area (Å²) in [5, 5.41) is 0. The van der Waals surface area contributed by atoms with Gasteiger partial charge in [0.2, 0.25) is 0 Å². The minimum atomic E-state index is -3.85. The lowest BCUT2D eigenvalue weighted by atomic mass is 9.90. The van der Waals surface area contributed by atoms with E-state index < -0.39 is 15.0 Å². The van der Waals surface area contributed by atoms with Crippen LogP contribution in [0.1, 0.15) is 48.0 Å². The van der Waals surface area contributed by atoms with E-state index in [0.717, 1.165) is 12.8 Å². The molecule has 2 rings (SSSR count). The highest BCUT2D eigenvalue weighted by molar-refractivity contribution is 8.13. The fourth-order valence-electron chi connectivity index (χ4n) is 2.60. The average molecular weight is 331 g/mol. The molecule has 1 aliphatic carbocycles. The number of halogens is 1. The molecule has 1 saturated carbocycles. The highest BCUT2D eigenvalue weighted by atomic mass is 35.7. The molecule has 1 aromatic rings. The second kappa shape index (κ2) is 6.79. The molecule has 0 heterocycles. The SMILES string of the molecule is Cc1ccc(S(=O)(=O)Cl)cc1C(=O)OCC1CCCCC1. The van der Waals surface area contributed by atoms with Crippen molar-refractivity contribution in [3.63, 3.8) is 0 Å². The summed E-state index contributed by atoms with van der Waals surface area (Å²) in [7, 11) is 1.46. The van der Waals surface area contributed by atoms with E-state index in [1.165, 1.54) is 31.4 Å². The summed E-state index contributed by atoms with van der Waals surface area (Å²) in [6.07, 6.45) is 5.78. The lowest BCUT2D eigenvalue weighted by Gasteiger charge is -2.21. The van der Waals surface area contributed by atoms with Crippen molar-refractivity contribution in [1.82, 2.24) is 0 Å². The lowest BCUT2D eigenvalue weighted by molar-refractivity contribution is 0.0409. The van der Waals surface area contributed by atoms with Crippen LogP contribution >= 0.6 is 10.7 Å². The first-order valence-electron chi connectivity index (χ1n) is 7.10. The summed E-state index contributed by atoms with van der Waals surface area (Å²) in [5.41, 5.74) is 0.931. The van der Waals surface area contributed by atoms with Crippen molar-refractivity contribution in [2.45, 2.75) is 43.9 Å². The highest BCUT2D eigenvalue weighted by Crippen LogP contribution is 2.25. The Hall–Kier alpha value is -1.07. The van der Waals surface area contributed by atoms with E-state index in [9.17, 15) is 13.2 Å². The predicted octanol–water partition coefficient (Wildman–Crippen LogP) is 3.66. The van der Waals surface area contributed by atoms with Gasteiger partial charge in [-0.05, 0) is 43.4 Å². The van der Waals surface area contributed by atoms with E-state index in [1.54, 1.807) is 13.0 Å². The fourth-order valence-corrected chi connectivity index (χ4v) is 3.37. The zero-order valence-corrected chi connectivity index (χ0v) is 13.5. The van der Waals surface area contributed by atoms with Crippen molar-refractivity contribution >= 4 is 25.7 Å². The quantitative estimate of drug-likeness (QED) is 0.624. The van der Waals surface area contributed by atoms with Crippen molar-refractivity contribution in [2.75, 3.05) is 6.61 Å². The molecule has 1 aromatic carbocycles. The first-order valence-corrected chi connectivity index (χ1v) is 9.41. The minimum Gasteiger partial charge on any atom is -0.462 e. The summed E-state index contributed by atoms with van der Waals surface area (Å²) in [6.45, 7) is 2.14. The number of carbonyl (C=O) groups excluding carboxylic acids is 1. The molecule has 0 spiro atoms. The van der Waals surface area contributed by atoms with E-state index in [2.05, 4.69) is 0 Å². The molecule has 0 amide bonds. The van der Waals surface area contributed by atoms with E-state index in [-0.39, 0.29) is 10.5 Å². The Kier molecular flexibility index (Phi) is 5.27. The first kappa shape index (κ1) is 16.3. The van der Waals surface area contributed by atoms with Crippen LogP contribution in [0.2, 0.25) is 0 Å². The lowest BCUT2D eigenvalue weighted by Crippen LogP contribution is -2.17. The van der Waals surface area contributed by atoms with E-state index in [1.807, 2.05) is 0 Å². The molecule has 6 heteroatoms. The second-order valence-electron chi connectivity index (χ2n) is 5.52. The van der Waals surface area contributed by atoms with Gasteiger partial charge in [0.15, 0.2) is 0 Å². The summed E-state index contributed by atoms with van der Waals surface area (Å²) in [5.74, 6) is -0.0665. The third-order valence-electron chi connectivity index (χ3n) is 3.89. The van der Waals surface area contributed by atoms with Gasteiger partial charge >= 0.3 is 5.97 Å². The molecule has 0 radical (unpaired) electrons. The van der Waals surface area contributed by atoms with Gasteiger partial charge in [0.25, 0.3) is 9.05 Å². The number of hydrogen-bond donors (Lipinski definition) is 0. The number of esters is 1. The van der Waals surface area contributed by atoms with Gasteiger partial charge in [-0.3, -0.25) is 0 Å². The van der Waals surface area contributed by atoms with Crippen LogP contribution in [0.4, 0.5) is 0 Å². The molecule has 0 aliphatic heterocycles. The molecule has 0 atom stereocenters. The maximum atomic E-state index is 12.1. The molecule has 0 bridgehead atoms. The molecule has 0 unspecified atom stereocenters. The molecule has 0 aromatic heterocycles. The number of benzene rings is 1. The monoisotopic (exact) mass is 330 g/mol. The highest BCUT2D eigenvalue weighted by Gasteiger charge is 2.19. The Morgan fingerprint density at radius 1 is 1.29 bits per heavy atom. The Morgan fingerprint density at radius 3 is 2.57 bits per heavy atom. The van der Waals surface area contributed by atoms with Crippen molar-refractivity contribution < 1.29 is 17.9 Å². The predicted molar refractivity (Wildman–Crippen MR) is 81.1 cm³/mol. The van der Waals surface area contributed by atoms with Crippen LogP contribution in [0, 0.1) is 12.8 Å². The average Bonchev–Trinajstić information content (AvgIpc) is 2.45. The molecule has 21 heavy (non-hydrogen) atoms. The van der Waals surface area contributed by atoms with Gasteiger partial charge < -0.3 is 4.74 Å². The summed E-state index contributed by atoms with van der Waals surface area (Å²) in [6, 6.07) is 4.23. The zero-order chi connectivity index (χ0) is 15.5. The summed E-state index contributed by atoms with van der Waals surface area (Å²) >= 11 is 0. The maximum absolute atomic E-state index is 12.1. The van der Waals surface area contributed by atoms with E-state index in [4.69, 9.17) is 15.4 Å². The molecular formula is C15H19ClO4S. The molecular weight excluding hydrogens is 312 g/mol. The molecule has 4 nitrogen and oxygen atoms in total. The molecule has 1 aliphatic rings. The van der Waals surface area contributed by atoms with Crippen LogP contribution in [0.5, 0.6) is 0 Å². The number of carbonyl (C=O) groups is 1. The smallest absolute Gasteiger partial charge is 0.338 e. The van der Waals surface area contributed by atoms with Gasteiger partial charge in [0, 0.05) is 10.7 Å². The fraction of sp³-hybridized carbons (Fsp3) is 0.533. The van der Waals surface area contributed by atoms with Crippen LogP contribution in [0.15, 0.2) is 23.1 Å². The normalized spacial score (nSPS) is 16.7. The second-order valence-corrected chi connectivity index (χ2v) is 8.08. The number of ether oxygens (including phenoxy) is 1. The molecule has 0 saturated heterocycles. The standard InChI is InChI=1S/C15H19ClO4S/c1-11-7-8-13(21(16,18)19)9-14(11)15(17)20-10-12-5-3-2-4-6-12/h7-9,12H,2-6,10H2,1H3. The van der Waals surface area contributed by atoms with Crippen molar-refractivity contribution in [1.29, 1.82) is 0 Å². The van der Waals surface area contributed by atoms with E-state index in [0.29, 0.717) is 18.1 Å². The Morgan fingerprint density at radius 2 is 1.95 bits per heavy atom.